The first-order valence-corrected chi connectivity index (χ1v) is 25.5. The predicted molar refractivity (Wildman–Crippen MR) is 254 cm³/mol. The van der Waals surface area contributed by atoms with Crippen molar-refractivity contribution in [3.05, 3.63) is 119 Å². The minimum absolute atomic E-state index is 0.00865. The Bertz CT molecular complexity index is 2670. The van der Waals surface area contributed by atoms with E-state index in [-0.39, 0.29) is 28.7 Å². The second kappa shape index (κ2) is 21.4. The second-order valence-electron chi connectivity index (χ2n) is 19.4. The number of carbonyl (C=O) groups excluding carboxylic acids is 7. The number of fused-ring (bicyclic) bond motifs is 5. The minimum Gasteiger partial charge on any atom is -0.455 e. The van der Waals surface area contributed by atoms with Crippen molar-refractivity contribution in [1.82, 2.24) is 5.32 Å². The summed E-state index contributed by atoms with van der Waals surface area (Å²) < 4.78 is 65.6. The first-order valence-electron chi connectivity index (χ1n) is 23.5. The zero-order valence-electron chi connectivity index (χ0n) is 41.6. The number of carbonyl (C=O) groups is 7. The van der Waals surface area contributed by atoms with E-state index < -0.39 is 146 Å². The maximum absolute atomic E-state index is 16.1. The van der Waals surface area contributed by atoms with Gasteiger partial charge in [0.1, 0.15) is 36.6 Å². The van der Waals surface area contributed by atoms with E-state index in [0.29, 0.717) is 5.56 Å². The first kappa shape index (κ1) is 54.6. The highest BCUT2D eigenvalue weighted by atomic mass is 31.2. The van der Waals surface area contributed by atoms with Crippen molar-refractivity contribution in [2.45, 2.75) is 108 Å². The van der Waals surface area contributed by atoms with E-state index in [9.17, 15) is 38.5 Å². The Hall–Kier alpha value is -6.12. The van der Waals surface area contributed by atoms with Crippen LogP contribution in [0.2, 0.25) is 0 Å². The molecule has 1 saturated heterocycles. The van der Waals surface area contributed by atoms with Gasteiger partial charge in [0.05, 0.1) is 29.6 Å². The molecule has 3 fully saturated rings. The van der Waals surface area contributed by atoms with Crippen molar-refractivity contribution in [3.63, 3.8) is 0 Å². The number of rotatable bonds is 17. The standard InChI is InChI=1S/C52H60NO19P/c1-29-35(69-48(60)42(70-38(56)26-64-7)40(32-18-12-9-13-19-32)53-46(58)33-20-14-10-15-21-33)25-52(61)45(71-47(59)34-22-16-11-17-23-34)43-50(6,44(57)41(68-30(2)54)39(29)49(52,4)5)36(66-28-67-73(8,62)63)24-37-51(43,27-65-37)72-31(3)55/h9-23,35-37,40-43,45,61H,24-28H2,1-8H3,(H,53,58)(H,62,63)/t35-,36-,37+,40-,41+,42+,43-,45-,50+,51-,52+/m0/s1. The van der Waals surface area contributed by atoms with Gasteiger partial charge in [0.15, 0.2) is 24.3 Å². The molecule has 392 valence electrons. The molecule has 3 aliphatic carbocycles. The van der Waals surface area contributed by atoms with Crippen LogP contribution in [0.15, 0.2) is 102 Å². The van der Waals surface area contributed by atoms with E-state index in [2.05, 4.69) is 5.32 Å². The Kier molecular flexibility index (Phi) is 16.0. The lowest BCUT2D eigenvalue weighted by molar-refractivity contribution is -0.350. The van der Waals surface area contributed by atoms with Crippen LogP contribution in [0.1, 0.15) is 86.7 Å². The van der Waals surface area contributed by atoms with Gasteiger partial charge in [-0.05, 0) is 54.8 Å². The molecule has 73 heavy (non-hydrogen) atoms. The zero-order chi connectivity index (χ0) is 53.3. The third-order valence-electron chi connectivity index (χ3n) is 14.5. The summed E-state index contributed by atoms with van der Waals surface area (Å²) >= 11 is 0. The van der Waals surface area contributed by atoms with Crippen LogP contribution in [0.3, 0.4) is 0 Å². The Morgan fingerprint density at radius 1 is 0.863 bits per heavy atom. The average molecular weight is 1030 g/mol. The molecule has 12 atom stereocenters. The van der Waals surface area contributed by atoms with Crippen molar-refractivity contribution in [2.24, 2.45) is 16.7 Å². The van der Waals surface area contributed by atoms with Crippen LogP contribution in [0.4, 0.5) is 0 Å². The number of nitrogens with one attached hydrogen (secondary N) is 1. The highest BCUT2D eigenvalue weighted by Gasteiger charge is 2.79. The molecule has 3 aromatic carbocycles. The lowest BCUT2D eigenvalue weighted by Gasteiger charge is -2.67. The normalized spacial score (nSPS) is 29.6. The summed E-state index contributed by atoms with van der Waals surface area (Å²) in [7, 11) is -2.96. The van der Waals surface area contributed by atoms with E-state index >= 15 is 9.59 Å². The molecule has 2 saturated carbocycles. The number of ether oxygens (including phenoxy) is 8. The molecule has 3 aromatic rings. The Morgan fingerprint density at radius 3 is 2.01 bits per heavy atom. The van der Waals surface area contributed by atoms with Gasteiger partial charge in [-0.25, -0.2) is 14.4 Å². The summed E-state index contributed by atoms with van der Waals surface area (Å²) in [5, 5.41) is 16.9. The molecule has 0 radical (unpaired) electrons. The van der Waals surface area contributed by atoms with E-state index in [1.807, 2.05) is 0 Å². The van der Waals surface area contributed by atoms with Crippen LogP contribution in [-0.4, -0.2) is 133 Å². The molecule has 21 heteroatoms. The molecule has 2 bridgehead atoms. The number of aliphatic hydroxyl groups is 1. The van der Waals surface area contributed by atoms with Gasteiger partial charge in [0.2, 0.25) is 6.10 Å². The Morgan fingerprint density at radius 2 is 1.47 bits per heavy atom. The van der Waals surface area contributed by atoms with Crippen molar-refractivity contribution in [2.75, 3.05) is 33.8 Å². The van der Waals surface area contributed by atoms with Crippen molar-refractivity contribution >= 4 is 49.1 Å². The number of ketones is 1. The van der Waals surface area contributed by atoms with Crippen molar-refractivity contribution < 1.29 is 90.5 Å². The number of hydrogen-bond acceptors (Lipinski definition) is 18. The number of benzene rings is 3. The van der Waals surface area contributed by atoms with Gasteiger partial charge in [-0.15, -0.1) is 0 Å². The molecule has 1 aliphatic heterocycles. The SMILES string of the molecule is COCC(=O)O[C@@H](C(=O)O[C@H]1C[C@@]2(O)[C@@H](OC(=O)c3ccccc3)[C@@H]3[C@]4(OC(C)=O)CO[C@@H]4C[C@H](OCOP(C)(=O)O)[C@@]3(C)C(=O)[C@H](OC(C)=O)C(=C1C)C2(C)C)[C@@H](NC(=O)c1ccccc1)c1ccccc1. The Balaban J connectivity index is 1.45. The molecule has 3 N–H and O–H groups in total. The third-order valence-corrected chi connectivity index (χ3v) is 15.1. The van der Waals surface area contributed by atoms with Gasteiger partial charge in [-0.1, -0.05) is 80.6 Å². The lowest BCUT2D eigenvalue weighted by atomic mass is 9.44. The zero-order valence-corrected chi connectivity index (χ0v) is 42.5. The van der Waals surface area contributed by atoms with E-state index in [1.165, 1.54) is 59.1 Å². The summed E-state index contributed by atoms with van der Waals surface area (Å²) in [6.45, 7) is 7.17. The molecule has 1 heterocycles. The monoisotopic (exact) mass is 1030 g/mol. The van der Waals surface area contributed by atoms with Crippen LogP contribution in [0.25, 0.3) is 0 Å². The van der Waals surface area contributed by atoms with Gasteiger partial charge in [0, 0.05) is 51.4 Å². The fourth-order valence-electron chi connectivity index (χ4n) is 11.0. The highest BCUT2D eigenvalue weighted by molar-refractivity contribution is 7.51. The van der Waals surface area contributed by atoms with Gasteiger partial charge < -0.3 is 53.2 Å². The van der Waals surface area contributed by atoms with E-state index in [4.69, 9.17) is 42.4 Å². The smallest absolute Gasteiger partial charge is 0.350 e. The maximum atomic E-state index is 16.1. The molecular formula is C52H60NO19P. The lowest BCUT2D eigenvalue weighted by Crippen LogP contribution is -2.82. The van der Waals surface area contributed by atoms with Crippen LogP contribution in [0, 0.1) is 16.7 Å². The predicted octanol–water partition coefficient (Wildman–Crippen LogP) is 4.75. The third kappa shape index (κ3) is 10.6. The molecule has 4 aliphatic rings. The van der Waals surface area contributed by atoms with E-state index in [1.54, 1.807) is 66.7 Å². The largest absolute Gasteiger partial charge is 0.455 e. The molecule has 7 rings (SSSR count). The fourth-order valence-corrected chi connectivity index (χ4v) is 11.3. The number of methoxy groups -OCH3 is 1. The Labute approximate surface area is 421 Å². The average Bonchev–Trinajstić information content (AvgIpc) is 3.33. The van der Waals surface area contributed by atoms with Crippen LogP contribution >= 0.6 is 7.60 Å². The van der Waals surface area contributed by atoms with Gasteiger partial charge in [-0.2, -0.15) is 0 Å². The quantitative estimate of drug-likeness (QED) is 0.0541. The maximum Gasteiger partial charge on any atom is 0.350 e. The molecule has 1 unspecified atom stereocenters. The minimum atomic E-state index is -4.19. The number of esters is 5. The van der Waals surface area contributed by atoms with Gasteiger partial charge in [-0.3, -0.25) is 28.3 Å². The van der Waals surface area contributed by atoms with Crippen molar-refractivity contribution in [1.29, 1.82) is 0 Å². The van der Waals surface area contributed by atoms with Crippen LogP contribution in [-0.2, 0) is 71.0 Å². The molecule has 20 nitrogen and oxygen atoms in total. The van der Waals surface area contributed by atoms with Crippen LogP contribution < -0.4 is 5.32 Å². The first-order chi connectivity index (χ1) is 34.4. The summed E-state index contributed by atoms with van der Waals surface area (Å²) in [6, 6.07) is 22.5. The number of hydrogen-bond donors (Lipinski definition) is 3. The van der Waals surface area contributed by atoms with E-state index in [0.717, 1.165) is 20.5 Å². The highest BCUT2D eigenvalue weighted by Crippen LogP contribution is 2.65. The fraction of sp³-hybridized carbons (Fsp3) is 0.481. The molecular weight excluding hydrogens is 974 g/mol. The number of amides is 1. The summed E-state index contributed by atoms with van der Waals surface area (Å²) in [6.07, 6.45) is -10.9. The number of Topliss-reactive ketones (excluding diaryl/α,β-unsaturated/α-hetero) is 1. The molecule has 0 spiro atoms. The van der Waals surface area contributed by atoms with Crippen molar-refractivity contribution in [3.8, 4) is 0 Å². The topological polar surface area (TPSA) is 272 Å². The van der Waals surface area contributed by atoms with Gasteiger partial charge >= 0.3 is 37.4 Å². The van der Waals surface area contributed by atoms with Gasteiger partial charge in [0.25, 0.3) is 5.91 Å². The summed E-state index contributed by atoms with van der Waals surface area (Å²) in [5.74, 6) is -8.30. The summed E-state index contributed by atoms with van der Waals surface area (Å²) in [4.78, 5) is 110. The second-order valence-corrected chi connectivity index (χ2v) is 21.3. The molecule has 1 amide bonds. The van der Waals surface area contributed by atoms with Crippen LogP contribution in [0.5, 0.6) is 0 Å². The molecule has 0 aromatic heterocycles. The summed E-state index contributed by atoms with van der Waals surface area (Å²) in [5.41, 5.74) is -7.81.